The second kappa shape index (κ2) is 7.13. The summed E-state index contributed by atoms with van der Waals surface area (Å²) in [7, 11) is 4.04. The fourth-order valence-electron chi connectivity index (χ4n) is 2.45. The lowest BCUT2D eigenvalue weighted by molar-refractivity contribution is -0.125. The molecule has 0 spiro atoms. The van der Waals surface area contributed by atoms with Gasteiger partial charge in [0.05, 0.1) is 0 Å². The van der Waals surface area contributed by atoms with Crippen LogP contribution in [0.5, 0.6) is 0 Å². The van der Waals surface area contributed by atoms with Gasteiger partial charge in [0.15, 0.2) is 0 Å². The van der Waals surface area contributed by atoms with E-state index in [2.05, 4.69) is 17.0 Å². The number of amides is 1. The first-order chi connectivity index (χ1) is 9.66. The van der Waals surface area contributed by atoms with Crippen LogP contribution in [0.15, 0.2) is 30.3 Å². The smallest absolute Gasteiger partial charge is 0.246 e. The molecule has 0 radical (unpaired) electrons. The van der Waals surface area contributed by atoms with E-state index in [1.54, 1.807) is 6.08 Å². The summed E-state index contributed by atoms with van der Waals surface area (Å²) in [4.78, 5) is 16.2. The predicted molar refractivity (Wildman–Crippen MR) is 84.9 cm³/mol. The number of nitrogens with zero attached hydrogens (tertiary/aromatic N) is 2. The van der Waals surface area contributed by atoms with E-state index in [4.69, 9.17) is 0 Å². The Kier molecular flexibility index (Phi) is 5.22. The Balaban J connectivity index is 1.95. The number of hydrogen-bond acceptors (Lipinski definition) is 2. The van der Waals surface area contributed by atoms with Crippen molar-refractivity contribution in [1.82, 2.24) is 4.90 Å². The van der Waals surface area contributed by atoms with Crippen molar-refractivity contribution in [1.29, 1.82) is 0 Å². The second-order valence-electron chi connectivity index (χ2n) is 5.56. The highest BCUT2D eigenvalue weighted by Crippen LogP contribution is 2.14. The average Bonchev–Trinajstić information content (AvgIpc) is 2.74. The van der Waals surface area contributed by atoms with Crippen molar-refractivity contribution in [3.05, 3.63) is 35.9 Å². The molecule has 3 nitrogen and oxygen atoms in total. The molecule has 2 rings (SSSR count). The van der Waals surface area contributed by atoms with E-state index in [0.29, 0.717) is 0 Å². The molecule has 1 aromatic rings. The van der Waals surface area contributed by atoms with E-state index in [1.807, 2.05) is 37.2 Å². The minimum atomic E-state index is 0.142. The van der Waals surface area contributed by atoms with E-state index in [-0.39, 0.29) is 5.91 Å². The van der Waals surface area contributed by atoms with Crippen molar-refractivity contribution in [2.75, 3.05) is 32.1 Å². The Morgan fingerprint density at radius 1 is 1.05 bits per heavy atom. The van der Waals surface area contributed by atoms with Crippen LogP contribution in [0.4, 0.5) is 5.69 Å². The first-order valence-electron chi connectivity index (χ1n) is 7.41. The molecule has 0 N–H and O–H groups in total. The van der Waals surface area contributed by atoms with Crippen molar-refractivity contribution >= 4 is 17.7 Å². The number of anilines is 1. The number of rotatable bonds is 3. The molecule has 0 bridgehead atoms. The summed E-state index contributed by atoms with van der Waals surface area (Å²) >= 11 is 0. The lowest BCUT2D eigenvalue weighted by atomic mass is 10.2. The third-order valence-electron chi connectivity index (χ3n) is 3.75. The summed E-state index contributed by atoms with van der Waals surface area (Å²) in [5.41, 5.74) is 2.24. The number of carbonyl (C=O) groups excluding carboxylic acids is 1. The lowest BCUT2D eigenvalue weighted by Crippen LogP contribution is -2.30. The highest BCUT2D eigenvalue weighted by atomic mass is 16.2. The normalized spacial score (nSPS) is 16.2. The van der Waals surface area contributed by atoms with Crippen LogP contribution in [0.2, 0.25) is 0 Å². The van der Waals surface area contributed by atoms with Gasteiger partial charge >= 0.3 is 0 Å². The first-order valence-corrected chi connectivity index (χ1v) is 7.41. The third-order valence-corrected chi connectivity index (χ3v) is 3.75. The molecule has 0 aromatic heterocycles. The zero-order valence-electron chi connectivity index (χ0n) is 12.5. The molecule has 1 amide bonds. The molecule has 1 saturated heterocycles. The van der Waals surface area contributed by atoms with Gasteiger partial charge in [0, 0.05) is 38.9 Å². The van der Waals surface area contributed by atoms with Gasteiger partial charge in [-0.25, -0.2) is 0 Å². The Labute approximate surface area is 121 Å². The van der Waals surface area contributed by atoms with E-state index in [9.17, 15) is 4.79 Å². The molecule has 108 valence electrons. The largest absolute Gasteiger partial charge is 0.378 e. The molecule has 0 atom stereocenters. The van der Waals surface area contributed by atoms with E-state index < -0.39 is 0 Å². The fourth-order valence-corrected chi connectivity index (χ4v) is 2.45. The maximum Gasteiger partial charge on any atom is 0.246 e. The summed E-state index contributed by atoms with van der Waals surface area (Å²) in [5, 5.41) is 0. The van der Waals surface area contributed by atoms with Crippen molar-refractivity contribution in [3.63, 3.8) is 0 Å². The van der Waals surface area contributed by atoms with Crippen LogP contribution in [-0.2, 0) is 4.79 Å². The molecule has 1 fully saturated rings. The second-order valence-corrected chi connectivity index (χ2v) is 5.56. The van der Waals surface area contributed by atoms with Gasteiger partial charge in [-0.15, -0.1) is 0 Å². The number of benzene rings is 1. The number of hydrogen-bond donors (Lipinski definition) is 0. The maximum absolute atomic E-state index is 12.1. The van der Waals surface area contributed by atoms with Gasteiger partial charge in [-0.05, 0) is 36.6 Å². The third kappa shape index (κ3) is 4.12. The quantitative estimate of drug-likeness (QED) is 0.789. The van der Waals surface area contributed by atoms with Gasteiger partial charge in [0.2, 0.25) is 5.91 Å². The maximum atomic E-state index is 12.1. The van der Waals surface area contributed by atoms with E-state index in [1.165, 1.54) is 18.5 Å². The van der Waals surface area contributed by atoms with Gasteiger partial charge in [-0.3, -0.25) is 4.79 Å². The summed E-state index contributed by atoms with van der Waals surface area (Å²) in [5.74, 6) is 0.142. The minimum Gasteiger partial charge on any atom is -0.378 e. The highest BCUT2D eigenvalue weighted by molar-refractivity contribution is 5.91. The number of carbonyl (C=O) groups is 1. The Morgan fingerprint density at radius 3 is 2.20 bits per heavy atom. The van der Waals surface area contributed by atoms with E-state index >= 15 is 0 Å². The molecule has 0 unspecified atom stereocenters. The molecule has 1 heterocycles. The van der Waals surface area contributed by atoms with Gasteiger partial charge in [-0.2, -0.15) is 0 Å². The SMILES string of the molecule is CN(C)c1ccc(/C=C\C(=O)N2CCCCCC2)cc1. The van der Waals surface area contributed by atoms with Crippen molar-refractivity contribution < 1.29 is 4.79 Å². The molecule has 1 aromatic carbocycles. The summed E-state index contributed by atoms with van der Waals surface area (Å²) < 4.78 is 0. The van der Waals surface area contributed by atoms with Crippen LogP contribution < -0.4 is 4.90 Å². The Hall–Kier alpha value is -1.77. The topological polar surface area (TPSA) is 23.6 Å². The van der Waals surface area contributed by atoms with Crippen LogP contribution >= 0.6 is 0 Å². The van der Waals surface area contributed by atoms with Crippen molar-refractivity contribution in [2.24, 2.45) is 0 Å². The molecule has 3 heteroatoms. The van der Waals surface area contributed by atoms with Gasteiger partial charge in [0.1, 0.15) is 0 Å². The van der Waals surface area contributed by atoms with Gasteiger partial charge < -0.3 is 9.80 Å². The molecule has 0 aliphatic carbocycles. The molecule has 20 heavy (non-hydrogen) atoms. The fraction of sp³-hybridized carbons (Fsp3) is 0.471. The summed E-state index contributed by atoms with van der Waals surface area (Å²) in [6.45, 7) is 1.81. The Morgan fingerprint density at radius 2 is 1.65 bits per heavy atom. The standard InChI is InChI=1S/C17H24N2O/c1-18(2)16-10-7-15(8-11-16)9-12-17(20)19-13-5-3-4-6-14-19/h7-12H,3-6,13-14H2,1-2H3/b12-9-. The average molecular weight is 272 g/mol. The van der Waals surface area contributed by atoms with Crippen molar-refractivity contribution in [2.45, 2.75) is 25.7 Å². The van der Waals surface area contributed by atoms with E-state index in [0.717, 1.165) is 31.5 Å². The molecular formula is C17H24N2O. The monoisotopic (exact) mass is 272 g/mol. The minimum absolute atomic E-state index is 0.142. The van der Waals surface area contributed by atoms with Crippen LogP contribution in [-0.4, -0.2) is 38.0 Å². The van der Waals surface area contributed by atoms with Gasteiger partial charge in [-0.1, -0.05) is 25.0 Å². The summed E-state index contributed by atoms with van der Waals surface area (Å²) in [6.07, 6.45) is 8.38. The summed E-state index contributed by atoms with van der Waals surface area (Å²) in [6, 6.07) is 8.22. The zero-order valence-corrected chi connectivity index (χ0v) is 12.5. The first kappa shape index (κ1) is 14.6. The number of likely N-dealkylation sites (tertiary alicyclic amines) is 1. The highest BCUT2D eigenvalue weighted by Gasteiger charge is 2.12. The van der Waals surface area contributed by atoms with Crippen LogP contribution in [0.1, 0.15) is 31.2 Å². The molecule has 0 saturated carbocycles. The van der Waals surface area contributed by atoms with Gasteiger partial charge in [0.25, 0.3) is 0 Å². The van der Waals surface area contributed by atoms with Crippen LogP contribution in [0.3, 0.4) is 0 Å². The van der Waals surface area contributed by atoms with Crippen LogP contribution in [0.25, 0.3) is 6.08 Å². The zero-order chi connectivity index (χ0) is 14.4. The molecule has 1 aliphatic rings. The molecule has 1 aliphatic heterocycles. The lowest BCUT2D eigenvalue weighted by Gasteiger charge is -2.18. The van der Waals surface area contributed by atoms with Crippen LogP contribution in [0, 0.1) is 0 Å². The predicted octanol–water partition coefficient (Wildman–Crippen LogP) is 3.17. The Bertz CT molecular complexity index is 454. The molecular weight excluding hydrogens is 248 g/mol. The van der Waals surface area contributed by atoms with Crippen molar-refractivity contribution in [3.8, 4) is 0 Å².